The van der Waals surface area contributed by atoms with Gasteiger partial charge in [0.1, 0.15) is 0 Å². The first kappa shape index (κ1) is 19.5. The zero-order valence-electron chi connectivity index (χ0n) is 8.87. The maximum absolute atomic E-state index is 10.2. The summed E-state index contributed by atoms with van der Waals surface area (Å²) < 4.78 is 4.20. The van der Waals surface area contributed by atoms with E-state index in [1.165, 1.54) is 7.11 Å². The van der Waals surface area contributed by atoms with Crippen LogP contribution in [0, 0.1) is 0 Å². The molecule has 8 nitrogen and oxygen atoms in total. The van der Waals surface area contributed by atoms with Crippen molar-refractivity contribution in [1.29, 1.82) is 0 Å². The third kappa shape index (κ3) is 59.1. The van der Waals surface area contributed by atoms with Crippen LogP contribution >= 0.6 is 0 Å². The predicted molar refractivity (Wildman–Crippen MR) is 50.9 cm³/mol. The highest BCUT2D eigenvalue weighted by molar-refractivity contribution is 5.76. The lowest BCUT2D eigenvalue weighted by molar-refractivity contribution is -0.145. The Labute approximate surface area is 91.4 Å². The molecule has 16 heavy (non-hydrogen) atoms. The molecule has 0 aromatic heterocycles. The molecule has 0 amide bonds. The SMILES string of the molecule is CC(=O)O.COC(=O)CCC(=O)O.O=CO. The number of methoxy groups -OCH3 is 1. The quantitative estimate of drug-likeness (QED) is 0.454. The van der Waals surface area contributed by atoms with Crippen molar-refractivity contribution in [2.75, 3.05) is 7.11 Å². The van der Waals surface area contributed by atoms with E-state index in [2.05, 4.69) is 4.74 Å². The lowest BCUT2D eigenvalue weighted by atomic mass is 10.3. The fourth-order valence-corrected chi connectivity index (χ4v) is 0.311. The van der Waals surface area contributed by atoms with Crippen LogP contribution in [-0.4, -0.2) is 46.8 Å². The molecule has 0 aliphatic carbocycles. The van der Waals surface area contributed by atoms with E-state index >= 15 is 0 Å². The fourth-order valence-electron chi connectivity index (χ4n) is 0.311. The third-order valence-corrected chi connectivity index (χ3v) is 0.771. The minimum Gasteiger partial charge on any atom is -0.483 e. The molecule has 0 aliphatic heterocycles. The van der Waals surface area contributed by atoms with Crippen molar-refractivity contribution in [2.45, 2.75) is 19.8 Å². The van der Waals surface area contributed by atoms with E-state index in [1.807, 2.05) is 0 Å². The second-order valence-electron chi connectivity index (χ2n) is 2.09. The van der Waals surface area contributed by atoms with Gasteiger partial charge in [-0.15, -0.1) is 0 Å². The van der Waals surface area contributed by atoms with E-state index in [0.29, 0.717) is 0 Å². The van der Waals surface area contributed by atoms with Gasteiger partial charge in [0.2, 0.25) is 0 Å². The Kier molecular flexibility index (Phi) is 18.7. The van der Waals surface area contributed by atoms with E-state index in [0.717, 1.165) is 6.92 Å². The van der Waals surface area contributed by atoms with Crippen LogP contribution in [0.15, 0.2) is 0 Å². The van der Waals surface area contributed by atoms with Crippen molar-refractivity contribution in [3.63, 3.8) is 0 Å². The molecule has 0 rings (SSSR count). The molecule has 0 aliphatic rings. The van der Waals surface area contributed by atoms with E-state index in [4.69, 9.17) is 24.9 Å². The van der Waals surface area contributed by atoms with Gasteiger partial charge >= 0.3 is 11.9 Å². The second-order valence-corrected chi connectivity index (χ2v) is 2.09. The average molecular weight is 238 g/mol. The highest BCUT2D eigenvalue weighted by Crippen LogP contribution is 1.89. The van der Waals surface area contributed by atoms with Crippen molar-refractivity contribution >= 4 is 24.4 Å². The van der Waals surface area contributed by atoms with Gasteiger partial charge in [0, 0.05) is 6.92 Å². The van der Waals surface area contributed by atoms with E-state index in [9.17, 15) is 9.59 Å². The maximum atomic E-state index is 10.2. The molecule has 0 atom stereocenters. The number of rotatable bonds is 3. The van der Waals surface area contributed by atoms with Crippen molar-refractivity contribution < 1.29 is 39.2 Å². The number of carbonyl (C=O) groups excluding carboxylic acids is 1. The Morgan fingerprint density at radius 3 is 1.69 bits per heavy atom. The van der Waals surface area contributed by atoms with Gasteiger partial charge in [-0.1, -0.05) is 0 Å². The van der Waals surface area contributed by atoms with Gasteiger partial charge < -0.3 is 20.1 Å². The largest absolute Gasteiger partial charge is 0.483 e. The minimum atomic E-state index is -0.986. The Hall–Kier alpha value is -2.12. The van der Waals surface area contributed by atoms with Crippen LogP contribution in [-0.2, 0) is 23.9 Å². The highest BCUT2D eigenvalue weighted by Gasteiger charge is 2.02. The number of carbonyl (C=O) groups is 4. The molecule has 0 saturated carbocycles. The average Bonchev–Trinajstić information content (AvgIpc) is 2.14. The standard InChI is InChI=1S/C5H8O4.C2H4O2.CH2O2/c1-9-5(8)3-2-4(6)7;1-2(3)4;2-1-3/h2-3H2,1H3,(H,6,7);1H3,(H,3,4);1H,(H,2,3). The maximum Gasteiger partial charge on any atom is 0.306 e. The summed E-state index contributed by atoms with van der Waals surface area (Å²) in [5.41, 5.74) is 0. The van der Waals surface area contributed by atoms with Crippen molar-refractivity contribution in [3.8, 4) is 0 Å². The molecule has 0 aromatic rings. The monoisotopic (exact) mass is 238 g/mol. The molecular formula is C8H14O8. The first-order valence-corrected chi connectivity index (χ1v) is 3.87. The Bertz CT molecular complexity index is 218. The van der Waals surface area contributed by atoms with E-state index < -0.39 is 17.9 Å². The Balaban J connectivity index is -0.000000201. The molecular weight excluding hydrogens is 224 g/mol. The number of aliphatic carboxylic acids is 2. The smallest absolute Gasteiger partial charge is 0.306 e. The fraction of sp³-hybridized carbons (Fsp3) is 0.500. The normalized spacial score (nSPS) is 7.12. The number of carboxylic acid groups (broad SMARTS) is 3. The molecule has 0 aromatic carbocycles. The van der Waals surface area contributed by atoms with Gasteiger partial charge in [-0.05, 0) is 0 Å². The van der Waals surface area contributed by atoms with Gasteiger partial charge in [-0.3, -0.25) is 19.2 Å². The van der Waals surface area contributed by atoms with Crippen LogP contribution in [0.3, 0.4) is 0 Å². The summed E-state index contributed by atoms with van der Waals surface area (Å²) >= 11 is 0. The number of ether oxygens (including phenoxy) is 1. The molecule has 3 N–H and O–H groups in total. The highest BCUT2D eigenvalue weighted by atomic mass is 16.5. The molecule has 0 bridgehead atoms. The number of esters is 1. The van der Waals surface area contributed by atoms with Gasteiger partial charge in [-0.2, -0.15) is 0 Å². The van der Waals surface area contributed by atoms with E-state index in [1.54, 1.807) is 0 Å². The van der Waals surface area contributed by atoms with Crippen LogP contribution in [0.25, 0.3) is 0 Å². The van der Waals surface area contributed by atoms with Gasteiger partial charge in [0.15, 0.2) is 0 Å². The zero-order chi connectivity index (χ0) is 13.6. The summed E-state index contributed by atoms with van der Waals surface area (Å²) in [6.45, 7) is 0.833. The Morgan fingerprint density at radius 2 is 1.50 bits per heavy atom. The van der Waals surface area contributed by atoms with Crippen molar-refractivity contribution in [2.24, 2.45) is 0 Å². The molecule has 0 radical (unpaired) electrons. The summed E-state index contributed by atoms with van der Waals surface area (Å²) in [4.78, 5) is 37.4. The topological polar surface area (TPSA) is 138 Å². The van der Waals surface area contributed by atoms with Crippen molar-refractivity contribution in [1.82, 2.24) is 0 Å². The lowest BCUT2D eigenvalue weighted by Crippen LogP contribution is -2.04. The Morgan fingerprint density at radius 1 is 1.19 bits per heavy atom. The van der Waals surface area contributed by atoms with E-state index in [-0.39, 0.29) is 19.3 Å². The lowest BCUT2D eigenvalue weighted by Gasteiger charge is -1.92. The van der Waals surface area contributed by atoms with Gasteiger partial charge in [-0.25, -0.2) is 0 Å². The molecule has 8 heteroatoms. The first-order chi connectivity index (χ1) is 7.31. The first-order valence-electron chi connectivity index (χ1n) is 3.87. The summed E-state index contributed by atoms with van der Waals surface area (Å²) in [7, 11) is 1.23. The molecule has 0 fully saturated rings. The van der Waals surface area contributed by atoms with Gasteiger partial charge in [0.25, 0.3) is 12.4 Å². The minimum absolute atomic E-state index is 0.0498. The van der Waals surface area contributed by atoms with Crippen LogP contribution in [0.5, 0.6) is 0 Å². The molecule has 0 spiro atoms. The second kappa shape index (κ2) is 15.4. The summed E-state index contributed by atoms with van der Waals surface area (Å²) in [5.74, 6) is -2.31. The molecule has 94 valence electrons. The van der Waals surface area contributed by atoms with Gasteiger partial charge in [0.05, 0.1) is 20.0 Å². The summed E-state index contributed by atoms with van der Waals surface area (Å²) in [6.07, 6.45) is -0.210. The molecule has 0 heterocycles. The van der Waals surface area contributed by atoms with Crippen LogP contribution < -0.4 is 0 Å². The number of carboxylic acids is 2. The summed E-state index contributed by atoms with van der Waals surface area (Å²) in [5, 5.41) is 22.4. The molecule has 0 unspecified atom stereocenters. The van der Waals surface area contributed by atoms with Crippen LogP contribution in [0.4, 0.5) is 0 Å². The van der Waals surface area contributed by atoms with Crippen LogP contribution in [0.2, 0.25) is 0 Å². The number of hydrogen-bond donors (Lipinski definition) is 3. The predicted octanol–water partition coefficient (Wildman–Crippen LogP) is -0.184. The third-order valence-electron chi connectivity index (χ3n) is 0.771. The molecule has 0 saturated heterocycles. The van der Waals surface area contributed by atoms with Crippen LogP contribution in [0.1, 0.15) is 19.8 Å². The van der Waals surface area contributed by atoms with Crippen molar-refractivity contribution in [3.05, 3.63) is 0 Å². The summed E-state index contributed by atoms with van der Waals surface area (Å²) in [6, 6.07) is 0. The zero-order valence-corrected chi connectivity index (χ0v) is 8.87. The number of hydrogen-bond acceptors (Lipinski definition) is 5.